The average Bonchev–Trinajstić information content (AvgIpc) is 2.98. The lowest BCUT2D eigenvalue weighted by molar-refractivity contribution is 0.470. The van der Waals surface area contributed by atoms with Gasteiger partial charge in [0.15, 0.2) is 0 Å². The number of rotatable bonds is 4. The largest absolute Gasteiger partial charge is 0.378 e. The van der Waals surface area contributed by atoms with Crippen LogP contribution in [-0.4, -0.2) is 45.9 Å². The number of benzene rings is 2. The van der Waals surface area contributed by atoms with Crippen LogP contribution < -0.4 is 10.6 Å². The van der Waals surface area contributed by atoms with Crippen LogP contribution in [0.5, 0.6) is 0 Å². The van der Waals surface area contributed by atoms with Crippen molar-refractivity contribution < 1.29 is 8.42 Å². The summed E-state index contributed by atoms with van der Waals surface area (Å²) in [5.74, 6) is 0.0259. The van der Waals surface area contributed by atoms with Crippen molar-refractivity contribution in [2.75, 3.05) is 32.1 Å². The topological polar surface area (TPSA) is 66.6 Å². The molecule has 6 heteroatoms. The Balaban J connectivity index is 1.88. The number of sulfonamides is 1. The fraction of sp³-hybridized carbons (Fsp3) is 0.333. The molecule has 1 aliphatic heterocycles. The lowest BCUT2D eigenvalue weighted by atomic mass is 9.95. The van der Waals surface area contributed by atoms with Crippen LogP contribution in [-0.2, 0) is 10.0 Å². The predicted molar refractivity (Wildman–Crippen MR) is 96.7 cm³/mol. The highest BCUT2D eigenvalue weighted by Crippen LogP contribution is 2.31. The normalized spacial score (nSPS) is 21.8. The van der Waals surface area contributed by atoms with Crippen LogP contribution in [0.4, 0.5) is 5.69 Å². The van der Waals surface area contributed by atoms with E-state index >= 15 is 0 Å². The molecule has 0 radical (unpaired) electrons. The summed E-state index contributed by atoms with van der Waals surface area (Å²) in [5.41, 5.74) is 8.19. The maximum Gasteiger partial charge on any atom is 0.243 e. The summed E-state index contributed by atoms with van der Waals surface area (Å²) in [7, 11) is 0.242. The van der Waals surface area contributed by atoms with Crippen LogP contribution in [0.15, 0.2) is 59.5 Å². The van der Waals surface area contributed by atoms with Gasteiger partial charge in [-0.15, -0.1) is 0 Å². The molecule has 0 bridgehead atoms. The predicted octanol–water partition coefficient (Wildman–Crippen LogP) is 1.87. The number of hydrogen-bond acceptors (Lipinski definition) is 4. The Bertz CT molecular complexity index is 806. The monoisotopic (exact) mass is 345 g/mol. The Hall–Kier alpha value is -1.89. The molecule has 1 aliphatic rings. The molecular formula is C18H23N3O2S. The van der Waals surface area contributed by atoms with E-state index < -0.39 is 10.0 Å². The number of nitrogens with zero attached hydrogens (tertiary/aromatic N) is 2. The van der Waals surface area contributed by atoms with E-state index in [1.54, 1.807) is 18.2 Å². The van der Waals surface area contributed by atoms with Crippen LogP contribution >= 0.6 is 0 Å². The second-order valence-electron chi connectivity index (χ2n) is 6.39. The molecule has 1 heterocycles. The molecule has 0 aliphatic carbocycles. The van der Waals surface area contributed by atoms with Crippen molar-refractivity contribution in [1.29, 1.82) is 0 Å². The van der Waals surface area contributed by atoms with Crippen molar-refractivity contribution in [2.45, 2.75) is 16.9 Å². The van der Waals surface area contributed by atoms with Crippen LogP contribution in [0.1, 0.15) is 11.5 Å². The quantitative estimate of drug-likeness (QED) is 0.919. The maximum absolute atomic E-state index is 13.0. The smallest absolute Gasteiger partial charge is 0.243 e. The SMILES string of the molecule is CN(C)c1cccc(S(=O)(=O)N2C[C@@H](N)[C@H](c3ccccc3)C2)c1. The standard InChI is InChI=1S/C18H23N3O2S/c1-20(2)15-9-6-10-16(11-15)24(22,23)21-12-17(18(19)13-21)14-7-4-3-5-8-14/h3-11,17-18H,12-13,19H2,1-2H3/t17-,18+/m0/s1. The number of nitrogens with two attached hydrogens (primary N) is 1. The fourth-order valence-electron chi connectivity index (χ4n) is 3.11. The van der Waals surface area contributed by atoms with Crippen molar-refractivity contribution in [2.24, 2.45) is 5.73 Å². The van der Waals surface area contributed by atoms with Gasteiger partial charge in [0.2, 0.25) is 10.0 Å². The van der Waals surface area contributed by atoms with Gasteiger partial charge >= 0.3 is 0 Å². The van der Waals surface area contributed by atoms with Crippen molar-refractivity contribution in [3.8, 4) is 0 Å². The summed E-state index contributed by atoms with van der Waals surface area (Å²) in [6, 6.07) is 16.7. The molecular weight excluding hydrogens is 322 g/mol. The van der Waals surface area contributed by atoms with Gasteiger partial charge in [0, 0.05) is 44.8 Å². The van der Waals surface area contributed by atoms with Gasteiger partial charge in [-0.2, -0.15) is 4.31 Å². The average molecular weight is 345 g/mol. The zero-order valence-electron chi connectivity index (χ0n) is 14.0. The van der Waals surface area contributed by atoms with Crippen molar-refractivity contribution in [1.82, 2.24) is 4.31 Å². The van der Waals surface area contributed by atoms with Gasteiger partial charge in [-0.25, -0.2) is 8.42 Å². The van der Waals surface area contributed by atoms with E-state index in [2.05, 4.69) is 0 Å². The van der Waals surface area contributed by atoms with E-state index in [-0.39, 0.29) is 12.0 Å². The van der Waals surface area contributed by atoms with E-state index in [1.807, 2.05) is 55.4 Å². The summed E-state index contributed by atoms with van der Waals surface area (Å²) in [5, 5.41) is 0. The van der Waals surface area contributed by atoms with E-state index in [0.29, 0.717) is 18.0 Å². The molecule has 2 atom stereocenters. The number of hydrogen-bond donors (Lipinski definition) is 1. The first-order chi connectivity index (χ1) is 11.4. The zero-order chi connectivity index (χ0) is 17.3. The fourth-order valence-corrected chi connectivity index (χ4v) is 4.66. The number of anilines is 1. The van der Waals surface area contributed by atoms with Gasteiger partial charge in [0.25, 0.3) is 0 Å². The van der Waals surface area contributed by atoms with Gasteiger partial charge in [-0.3, -0.25) is 0 Å². The van der Waals surface area contributed by atoms with E-state index in [9.17, 15) is 8.42 Å². The molecule has 2 aromatic rings. The molecule has 1 fully saturated rings. The van der Waals surface area contributed by atoms with E-state index in [4.69, 9.17) is 5.73 Å². The minimum Gasteiger partial charge on any atom is -0.378 e. The lowest BCUT2D eigenvalue weighted by Gasteiger charge is -2.18. The molecule has 0 aromatic heterocycles. The van der Waals surface area contributed by atoms with Gasteiger partial charge in [-0.05, 0) is 23.8 Å². The molecule has 0 unspecified atom stereocenters. The molecule has 0 spiro atoms. The molecule has 0 saturated carbocycles. The third-order valence-corrected chi connectivity index (χ3v) is 6.36. The molecule has 2 N–H and O–H groups in total. The van der Waals surface area contributed by atoms with Gasteiger partial charge in [0.05, 0.1) is 4.90 Å². The summed E-state index contributed by atoms with van der Waals surface area (Å²) in [6.45, 7) is 0.758. The zero-order valence-corrected chi connectivity index (χ0v) is 14.8. The van der Waals surface area contributed by atoms with Crippen LogP contribution in [0.25, 0.3) is 0 Å². The minimum absolute atomic E-state index is 0.0259. The van der Waals surface area contributed by atoms with Crippen LogP contribution in [0.2, 0.25) is 0 Å². The first-order valence-corrected chi connectivity index (χ1v) is 9.41. The minimum atomic E-state index is -3.54. The highest BCUT2D eigenvalue weighted by molar-refractivity contribution is 7.89. The molecule has 2 aromatic carbocycles. The summed E-state index contributed by atoms with van der Waals surface area (Å²) in [6.07, 6.45) is 0. The Morgan fingerprint density at radius 1 is 1.04 bits per heavy atom. The Morgan fingerprint density at radius 2 is 1.75 bits per heavy atom. The molecule has 3 rings (SSSR count). The summed E-state index contributed by atoms with van der Waals surface area (Å²) < 4.78 is 27.5. The lowest BCUT2D eigenvalue weighted by Crippen LogP contribution is -2.32. The first kappa shape index (κ1) is 17.0. The van der Waals surface area contributed by atoms with Crippen LogP contribution in [0.3, 0.4) is 0 Å². The third-order valence-electron chi connectivity index (χ3n) is 4.53. The third kappa shape index (κ3) is 3.17. The second-order valence-corrected chi connectivity index (χ2v) is 8.33. The maximum atomic E-state index is 13.0. The summed E-state index contributed by atoms with van der Waals surface area (Å²) >= 11 is 0. The van der Waals surface area contributed by atoms with Crippen molar-refractivity contribution in [3.05, 3.63) is 60.2 Å². The molecule has 0 amide bonds. The molecule has 5 nitrogen and oxygen atoms in total. The van der Waals surface area contributed by atoms with Crippen LogP contribution in [0, 0.1) is 0 Å². The Labute approximate surface area is 143 Å². The van der Waals surface area contributed by atoms with E-state index in [0.717, 1.165) is 11.3 Å². The van der Waals surface area contributed by atoms with E-state index in [1.165, 1.54) is 4.31 Å². The highest BCUT2D eigenvalue weighted by atomic mass is 32.2. The summed E-state index contributed by atoms with van der Waals surface area (Å²) in [4.78, 5) is 2.20. The van der Waals surface area contributed by atoms with Gasteiger partial charge in [-0.1, -0.05) is 36.4 Å². The van der Waals surface area contributed by atoms with Crippen molar-refractivity contribution in [3.63, 3.8) is 0 Å². The Morgan fingerprint density at radius 3 is 2.42 bits per heavy atom. The van der Waals surface area contributed by atoms with Crippen molar-refractivity contribution >= 4 is 15.7 Å². The highest BCUT2D eigenvalue weighted by Gasteiger charge is 2.38. The molecule has 1 saturated heterocycles. The Kier molecular flexibility index (Phi) is 4.62. The van der Waals surface area contributed by atoms with Gasteiger partial charge < -0.3 is 10.6 Å². The molecule has 128 valence electrons. The second kappa shape index (κ2) is 6.55. The first-order valence-electron chi connectivity index (χ1n) is 7.97. The molecule has 24 heavy (non-hydrogen) atoms. The van der Waals surface area contributed by atoms with Gasteiger partial charge in [0.1, 0.15) is 0 Å².